The number of anilines is 1. The van der Waals surface area contributed by atoms with Crippen molar-refractivity contribution in [1.29, 1.82) is 0 Å². The summed E-state index contributed by atoms with van der Waals surface area (Å²) in [6.07, 6.45) is 0. The third-order valence-corrected chi connectivity index (χ3v) is 4.67. The van der Waals surface area contributed by atoms with Gasteiger partial charge in [-0.3, -0.25) is 9.59 Å². The van der Waals surface area contributed by atoms with Crippen molar-refractivity contribution < 1.29 is 23.9 Å². The van der Waals surface area contributed by atoms with E-state index in [-0.39, 0.29) is 36.0 Å². The maximum atomic E-state index is 12.9. The molecule has 158 valence electrons. The lowest BCUT2D eigenvalue weighted by atomic mass is 10.1. The fraction of sp³-hybridized carbons (Fsp3) is 0.160. The number of ether oxygens (including phenoxy) is 2. The van der Waals surface area contributed by atoms with E-state index in [1.54, 1.807) is 55.6 Å². The Kier molecular flexibility index (Phi) is 7.17. The molecule has 0 aliphatic rings. The van der Waals surface area contributed by atoms with Gasteiger partial charge in [0.15, 0.2) is 5.78 Å². The van der Waals surface area contributed by atoms with E-state index in [9.17, 15) is 14.4 Å². The lowest BCUT2D eigenvalue weighted by Gasteiger charge is -2.19. The zero-order valence-corrected chi connectivity index (χ0v) is 17.4. The van der Waals surface area contributed by atoms with Gasteiger partial charge < -0.3 is 14.4 Å². The molecule has 0 aliphatic carbocycles. The van der Waals surface area contributed by atoms with Crippen LogP contribution in [-0.2, 0) is 4.74 Å². The minimum atomic E-state index is -0.617. The first-order chi connectivity index (χ1) is 15.0. The molecule has 0 bridgehead atoms. The molecule has 0 unspecified atom stereocenters. The molecule has 3 rings (SSSR count). The van der Waals surface area contributed by atoms with Gasteiger partial charge in [0.25, 0.3) is 5.91 Å². The highest BCUT2D eigenvalue weighted by molar-refractivity contribution is 6.12. The molecule has 0 spiro atoms. The van der Waals surface area contributed by atoms with E-state index in [4.69, 9.17) is 9.47 Å². The van der Waals surface area contributed by atoms with Crippen molar-refractivity contribution in [2.45, 2.75) is 6.92 Å². The van der Waals surface area contributed by atoms with E-state index in [2.05, 4.69) is 0 Å². The number of esters is 1. The molecule has 0 radical (unpaired) electrons. The first-order valence-electron chi connectivity index (χ1n) is 9.81. The van der Waals surface area contributed by atoms with Gasteiger partial charge in [0.2, 0.25) is 0 Å². The van der Waals surface area contributed by atoms with Crippen LogP contribution in [0.25, 0.3) is 0 Å². The highest BCUT2D eigenvalue weighted by Crippen LogP contribution is 2.19. The van der Waals surface area contributed by atoms with Gasteiger partial charge in [-0.2, -0.15) is 0 Å². The number of rotatable bonds is 8. The lowest BCUT2D eigenvalue weighted by molar-refractivity contribution is 0.0446. The Hall–Kier alpha value is -3.93. The topological polar surface area (TPSA) is 72.9 Å². The van der Waals surface area contributed by atoms with Gasteiger partial charge in [-0.25, -0.2) is 4.79 Å². The molecule has 0 aliphatic heterocycles. The summed E-state index contributed by atoms with van der Waals surface area (Å²) in [5.41, 5.74) is 1.61. The van der Waals surface area contributed by atoms with Gasteiger partial charge >= 0.3 is 5.97 Å². The van der Waals surface area contributed by atoms with E-state index in [1.165, 1.54) is 11.8 Å². The summed E-state index contributed by atoms with van der Waals surface area (Å²) < 4.78 is 10.9. The molecular weight excluding hydrogens is 394 g/mol. The zero-order chi connectivity index (χ0) is 22.2. The van der Waals surface area contributed by atoms with Crippen LogP contribution in [0.5, 0.6) is 5.75 Å². The molecule has 6 heteroatoms. The summed E-state index contributed by atoms with van der Waals surface area (Å²) in [5.74, 6) is -0.604. The number of amides is 1. The van der Waals surface area contributed by atoms with Crippen LogP contribution in [0.15, 0.2) is 78.9 Å². The van der Waals surface area contributed by atoms with E-state index >= 15 is 0 Å². The Balaban J connectivity index is 1.64. The Morgan fingerprint density at radius 3 is 2.00 bits per heavy atom. The highest BCUT2D eigenvalue weighted by Gasteiger charge is 2.21. The number of hydrogen-bond donors (Lipinski definition) is 0. The lowest BCUT2D eigenvalue weighted by Crippen LogP contribution is -2.28. The average molecular weight is 417 g/mol. The quantitative estimate of drug-likeness (QED) is 0.309. The number of carbonyl (C=O) groups is 3. The zero-order valence-electron chi connectivity index (χ0n) is 17.4. The Morgan fingerprint density at radius 1 is 0.742 bits per heavy atom. The van der Waals surface area contributed by atoms with Crippen LogP contribution in [0.2, 0.25) is 0 Å². The fourth-order valence-electron chi connectivity index (χ4n) is 3.04. The maximum absolute atomic E-state index is 12.9. The molecule has 1 amide bonds. The normalized spacial score (nSPS) is 10.3. The minimum absolute atomic E-state index is 0.0257. The molecule has 31 heavy (non-hydrogen) atoms. The molecule has 0 aromatic heterocycles. The van der Waals surface area contributed by atoms with Crippen molar-refractivity contribution in [3.05, 3.63) is 95.6 Å². The Morgan fingerprint density at radius 2 is 1.32 bits per heavy atom. The van der Waals surface area contributed by atoms with Gasteiger partial charge in [0, 0.05) is 12.7 Å². The summed E-state index contributed by atoms with van der Waals surface area (Å²) in [6.45, 7) is 1.51. The number of Topliss-reactive ketones (excluding diaryl/α,β-unsaturated/α-hetero) is 1. The van der Waals surface area contributed by atoms with Crippen molar-refractivity contribution in [3.8, 4) is 5.75 Å². The third kappa shape index (κ3) is 5.36. The second-order valence-electron chi connectivity index (χ2n) is 6.78. The third-order valence-electron chi connectivity index (χ3n) is 4.67. The predicted molar refractivity (Wildman–Crippen MR) is 118 cm³/mol. The van der Waals surface area contributed by atoms with Gasteiger partial charge in [-0.1, -0.05) is 42.5 Å². The predicted octanol–water partition coefficient (Wildman–Crippen LogP) is 4.40. The average Bonchev–Trinajstić information content (AvgIpc) is 2.81. The molecule has 0 saturated carbocycles. The summed E-state index contributed by atoms with van der Waals surface area (Å²) in [6, 6.07) is 22.6. The summed E-state index contributed by atoms with van der Waals surface area (Å²) in [5, 5.41) is 0. The van der Waals surface area contributed by atoms with Crippen LogP contribution in [-0.4, -0.2) is 37.9 Å². The number of para-hydroxylation sites is 2. The van der Waals surface area contributed by atoms with E-state index in [0.29, 0.717) is 17.0 Å². The smallest absolute Gasteiger partial charge is 0.339 e. The molecule has 3 aromatic carbocycles. The first kappa shape index (κ1) is 21.8. The van der Waals surface area contributed by atoms with Crippen molar-refractivity contribution in [3.63, 3.8) is 0 Å². The molecule has 6 nitrogen and oxygen atoms in total. The molecule has 3 aromatic rings. The van der Waals surface area contributed by atoms with Crippen molar-refractivity contribution in [2.24, 2.45) is 0 Å². The van der Waals surface area contributed by atoms with Crippen molar-refractivity contribution in [1.82, 2.24) is 0 Å². The summed E-state index contributed by atoms with van der Waals surface area (Å²) >= 11 is 0. The summed E-state index contributed by atoms with van der Waals surface area (Å²) in [4.78, 5) is 38.7. The number of nitrogens with zero attached hydrogens (tertiary/aromatic N) is 1. The number of benzene rings is 3. The Bertz CT molecular complexity index is 1080. The standard InChI is InChI=1S/C25H23NO5/c1-18(27)20-12-8-9-15-23(20)30-16-17-31-25(29)22-14-7-6-13-21(22)24(28)26(2)19-10-4-3-5-11-19/h3-15H,16-17H2,1-2H3. The minimum Gasteiger partial charge on any atom is -0.489 e. The van der Waals surface area contributed by atoms with Crippen LogP contribution in [0, 0.1) is 0 Å². The second kappa shape index (κ2) is 10.2. The number of ketones is 1. The van der Waals surface area contributed by atoms with Crippen LogP contribution >= 0.6 is 0 Å². The van der Waals surface area contributed by atoms with E-state index < -0.39 is 5.97 Å². The van der Waals surface area contributed by atoms with Gasteiger partial charge in [-0.15, -0.1) is 0 Å². The molecule has 0 heterocycles. The fourth-order valence-corrected chi connectivity index (χ4v) is 3.04. The van der Waals surface area contributed by atoms with Crippen LogP contribution in [0.3, 0.4) is 0 Å². The highest BCUT2D eigenvalue weighted by atomic mass is 16.6. The van der Waals surface area contributed by atoms with Crippen LogP contribution < -0.4 is 9.64 Å². The van der Waals surface area contributed by atoms with Crippen LogP contribution in [0.4, 0.5) is 5.69 Å². The monoisotopic (exact) mass is 417 g/mol. The molecule has 0 saturated heterocycles. The Labute approximate surface area is 181 Å². The van der Waals surface area contributed by atoms with E-state index in [0.717, 1.165) is 0 Å². The van der Waals surface area contributed by atoms with Gasteiger partial charge in [0.05, 0.1) is 16.7 Å². The van der Waals surface area contributed by atoms with Crippen molar-refractivity contribution >= 4 is 23.3 Å². The molecular formula is C25H23NO5. The number of hydrogen-bond acceptors (Lipinski definition) is 5. The van der Waals surface area contributed by atoms with Gasteiger partial charge in [0.1, 0.15) is 19.0 Å². The van der Waals surface area contributed by atoms with Crippen molar-refractivity contribution in [2.75, 3.05) is 25.2 Å². The first-order valence-corrected chi connectivity index (χ1v) is 9.81. The molecule has 0 atom stereocenters. The summed E-state index contributed by atoms with van der Waals surface area (Å²) in [7, 11) is 1.65. The molecule has 0 fully saturated rings. The van der Waals surface area contributed by atoms with E-state index in [1.807, 2.05) is 30.3 Å². The second-order valence-corrected chi connectivity index (χ2v) is 6.78. The SMILES string of the molecule is CC(=O)c1ccccc1OCCOC(=O)c1ccccc1C(=O)N(C)c1ccccc1. The van der Waals surface area contributed by atoms with Gasteiger partial charge in [-0.05, 0) is 43.3 Å². The molecule has 0 N–H and O–H groups in total. The van der Waals surface area contributed by atoms with Crippen LogP contribution in [0.1, 0.15) is 38.0 Å². The largest absolute Gasteiger partial charge is 0.489 e. The maximum Gasteiger partial charge on any atom is 0.339 e. The number of carbonyl (C=O) groups excluding carboxylic acids is 3.